The van der Waals surface area contributed by atoms with Gasteiger partial charge in [-0.05, 0) is 44.0 Å². The molecule has 1 aliphatic carbocycles. The Bertz CT molecular complexity index is 828. The fraction of sp³-hybridized carbons (Fsp3) is 0.278. The van der Waals surface area contributed by atoms with Crippen LogP contribution in [0.1, 0.15) is 33.0 Å². The molecule has 2 aromatic heterocycles. The average molecular weight is 310 g/mol. The summed E-state index contributed by atoms with van der Waals surface area (Å²) in [6, 6.07) is 12.6. The van der Waals surface area contributed by atoms with Crippen molar-refractivity contribution in [1.82, 2.24) is 9.88 Å². The highest BCUT2D eigenvalue weighted by atomic mass is 32.1. The number of para-hydroxylation sites is 1. The largest absolute Gasteiger partial charge is 0.361 e. The summed E-state index contributed by atoms with van der Waals surface area (Å²) in [5, 5.41) is 1.09. The molecule has 3 nitrogen and oxygen atoms in total. The number of hydrogen-bond donors (Lipinski definition) is 1. The molecular formula is C18H18N2OS. The van der Waals surface area contributed by atoms with Crippen molar-refractivity contribution in [3.63, 3.8) is 0 Å². The van der Waals surface area contributed by atoms with Crippen LogP contribution in [0.2, 0.25) is 0 Å². The molecule has 1 fully saturated rings. The molecule has 22 heavy (non-hydrogen) atoms. The number of fused-ring (bicyclic) bond motifs is 1. The molecular weight excluding hydrogens is 292 g/mol. The number of benzene rings is 1. The van der Waals surface area contributed by atoms with Gasteiger partial charge in [-0.2, -0.15) is 0 Å². The Morgan fingerprint density at radius 1 is 1.27 bits per heavy atom. The molecule has 1 N–H and O–H groups in total. The van der Waals surface area contributed by atoms with Crippen LogP contribution in [-0.2, 0) is 6.54 Å². The van der Waals surface area contributed by atoms with Crippen LogP contribution in [0.15, 0.2) is 42.6 Å². The number of nitrogens with one attached hydrogen (secondary N) is 1. The molecule has 1 saturated carbocycles. The number of thiophene rings is 1. The van der Waals surface area contributed by atoms with Crippen molar-refractivity contribution < 1.29 is 4.79 Å². The Morgan fingerprint density at radius 3 is 2.86 bits per heavy atom. The normalized spacial score (nSPS) is 14.4. The number of aryl methyl sites for hydroxylation is 1. The number of H-pyrrole nitrogens is 1. The zero-order chi connectivity index (χ0) is 15.1. The molecule has 1 aromatic carbocycles. The van der Waals surface area contributed by atoms with Gasteiger partial charge < -0.3 is 9.88 Å². The minimum atomic E-state index is 0.140. The predicted octanol–water partition coefficient (Wildman–Crippen LogP) is 4.34. The SMILES string of the molecule is Cc1ccc(CN(C(=O)c2cccc3cc[nH]c23)C2CC2)s1. The minimum absolute atomic E-state index is 0.140. The number of hydrogen-bond acceptors (Lipinski definition) is 2. The van der Waals surface area contributed by atoms with Crippen LogP contribution < -0.4 is 0 Å². The molecule has 0 unspecified atom stereocenters. The monoisotopic (exact) mass is 310 g/mol. The Kier molecular flexibility index (Phi) is 3.26. The molecule has 0 saturated heterocycles. The fourth-order valence-electron chi connectivity index (χ4n) is 2.91. The second-order valence-corrected chi connectivity index (χ2v) is 7.30. The number of aromatic nitrogens is 1. The van der Waals surface area contributed by atoms with Crippen molar-refractivity contribution in [2.24, 2.45) is 0 Å². The standard InChI is InChI=1S/C18H18N2OS/c1-12-5-8-15(22-12)11-20(14-6-7-14)18(21)16-4-2-3-13-9-10-19-17(13)16/h2-5,8-10,14,19H,6-7,11H2,1H3. The molecule has 1 amide bonds. The van der Waals surface area contributed by atoms with E-state index in [-0.39, 0.29) is 5.91 Å². The first kappa shape index (κ1) is 13.6. The van der Waals surface area contributed by atoms with Crippen LogP contribution in [-0.4, -0.2) is 21.8 Å². The van der Waals surface area contributed by atoms with E-state index in [9.17, 15) is 4.79 Å². The maximum absolute atomic E-state index is 13.1. The maximum atomic E-state index is 13.1. The second-order valence-electron chi connectivity index (χ2n) is 5.92. The van der Waals surface area contributed by atoms with Crippen LogP contribution in [0.4, 0.5) is 0 Å². The van der Waals surface area contributed by atoms with E-state index in [0.29, 0.717) is 6.04 Å². The van der Waals surface area contributed by atoms with E-state index in [2.05, 4.69) is 24.0 Å². The summed E-state index contributed by atoms with van der Waals surface area (Å²) in [7, 11) is 0. The van der Waals surface area contributed by atoms with E-state index in [1.165, 1.54) is 9.75 Å². The topological polar surface area (TPSA) is 36.1 Å². The van der Waals surface area contributed by atoms with Gasteiger partial charge in [0.25, 0.3) is 5.91 Å². The van der Waals surface area contributed by atoms with Crippen molar-refractivity contribution in [3.05, 3.63) is 57.9 Å². The van der Waals surface area contributed by atoms with Crippen LogP contribution in [0.25, 0.3) is 10.9 Å². The van der Waals surface area contributed by atoms with Gasteiger partial charge in [0.1, 0.15) is 0 Å². The molecule has 0 spiro atoms. The first-order chi connectivity index (χ1) is 10.7. The van der Waals surface area contributed by atoms with Gasteiger partial charge in [-0.1, -0.05) is 12.1 Å². The minimum Gasteiger partial charge on any atom is -0.361 e. The van der Waals surface area contributed by atoms with Gasteiger partial charge in [-0.25, -0.2) is 0 Å². The van der Waals surface area contributed by atoms with Gasteiger partial charge in [0, 0.05) is 27.4 Å². The van der Waals surface area contributed by atoms with Crippen molar-refractivity contribution in [1.29, 1.82) is 0 Å². The first-order valence-electron chi connectivity index (χ1n) is 7.65. The Labute approximate surface area is 133 Å². The third-order valence-corrected chi connectivity index (χ3v) is 5.17. The average Bonchev–Trinajstić information content (AvgIpc) is 3.09. The molecule has 1 aliphatic rings. The maximum Gasteiger partial charge on any atom is 0.256 e. The summed E-state index contributed by atoms with van der Waals surface area (Å²) in [4.78, 5) is 20.9. The van der Waals surface area contributed by atoms with Crippen molar-refractivity contribution in [2.45, 2.75) is 32.4 Å². The summed E-state index contributed by atoms with van der Waals surface area (Å²) in [5.74, 6) is 0.140. The molecule has 0 atom stereocenters. The lowest BCUT2D eigenvalue weighted by Gasteiger charge is -2.22. The molecule has 112 valence electrons. The highest BCUT2D eigenvalue weighted by Gasteiger charge is 2.34. The van der Waals surface area contributed by atoms with Gasteiger partial charge in [-0.15, -0.1) is 11.3 Å². The quantitative estimate of drug-likeness (QED) is 0.764. The van der Waals surface area contributed by atoms with E-state index in [4.69, 9.17) is 0 Å². The number of carbonyl (C=O) groups is 1. The highest BCUT2D eigenvalue weighted by Crippen LogP contribution is 2.32. The van der Waals surface area contributed by atoms with Gasteiger partial charge >= 0.3 is 0 Å². The first-order valence-corrected chi connectivity index (χ1v) is 8.46. The Morgan fingerprint density at radius 2 is 2.14 bits per heavy atom. The van der Waals surface area contributed by atoms with E-state index < -0.39 is 0 Å². The lowest BCUT2D eigenvalue weighted by molar-refractivity contribution is 0.0733. The molecule has 4 rings (SSSR count). The molecule has 2 heterocycles. The summed E-state index contributed by atoms with van der Waals surface area (Å²) >= 11 is 1.78. The van der Waals surface area contributed by atoms with Crippen molar-refractivity contribution in [2.75, 3.05) is 0 Å². The zero-order valence-electron chi connectivity index (χ0n) is 12.5. The van der Waals surface area contributed by atoms with Crippen molar-refractivity contribution >= 4 is 28.1 Å². The summed E-state index contributed by atoms with van der Waals surface area (Å²) in [6.07, 6.45) is 4.14. The Hall–Kier alpha value is -2.07. The number of aromatic amines is 1. The van der Waals surface area contributed by atoms with Crippen LogP contribution in [0.5, 0.6) is 0 Å². The third kappa shape index (κ3) is 2.44. The van der Waals surface area contributed by atoms with E-state index in [1.807, 2.05) is 35.4 Å². The molecule has 3 aromatic rings. The van der Waals surface area contributed by atoms with Crippen LogP contribution in [0, 0.1) is 6.92 Å². The van der Waals surface area contributed by atoms with Crippen molar-refractivity contribution in [3.8, 4) is 0 Å². The van der Waals surface area contributed by atoms with Crippen LogP contribution in [0.3, 0.4) is 0 Å². The van der Waals surface area contributed by atoms with Gasteiger partial charge in [0.15, 0.2) is 0 Å². The fourth-order valence-corrected chi connectivity index (χ4v) is 3.80. The lowest BCUT2D eigenvalue weighted by Crippen LogP contribution is -2.32. The van der Waals surface area contributed by atoms with Gasteiger partial charge in [0.05, 0.1) is 17.6 Å². The number of nitrogens with zero attached hydrogens (tertiary/aromatic N) is 1. The van der Waals surface area contributed by atoms with E-state index in [1.54, 1.807) is 11.3 Å². The molecule has 0 radical (unpaired) electrons. The van der Waals surface area contributed by atoms with E-state index in [0.717, 1.165) is 35.9 Å². The van der Waals surface area contributed by atoms with Gasteiger partial charge in [0.2, 0.25) is 0 Å². The predicted molar refractivity (Wildman–Crippen MR) is 90.3 cm³/mol. The third-order valence-electron chi connectivity index (χ3n) is 4.19. The second kappa shape index (κ2) is 5.29. The smallest absolute Gasteiger partial charge is 0.256 e. The van der Waals surface area contributed by atoms with Gasteiger partial charge in [-0.3, -0.25) is 4.79 Å². The zero-order valence-corrected chi connectivity index (χ0v) is 13.3. The summed E-state index contributed by atoms with van der Waals surface area (Å²) in [6.45, 7) is 2.83. The highest BCUT2D eigenvalue weighted by molar-refractivity contribution is 7.11. The number of carbonyl (C=O) groups excluding carboxylic acids is 1. The summed E-state index contributed by atoms with van der Waals surface area (Å²) in [5.41, 5.74) is 1.73. The number of amides is 1. The molecule has 4 heteroatoms. The molecule has 0 aliphatic heterocycles. The lowest BCUT2D eigenvalue weighted by atomic mass is 10.1. The summed E-state index contributed by atoms with van der Waals surface area (Å²) < 4.78 is 0. The number of rotatable bonds is 4. The van der Waals surface area contributed by atoms with Crippen LogP contribution >= 0.6 is 11.3 Å². The molecule has 0 bridgehead atoms. The van der Waals surface area contributed by atoms with E-state index >= 15 is 0 Å². The Balaban J connectivity index is 1.67.